The highest BCUT2D eigenvalue weighted by Gasteiger charge is 2.34. The van der Waals surface area contributed by atoms with E-state index in [4.69, 9.17) is 0 Å². The van der Waals surface area contributed by atoms with Crippen molar-refractivity contribution in [1.29, 1.82) is 0 Å². The van der Waals surface area contributed by atoms with Gasteiger partial charge in [0.2, 0.25) is 0 Å². The van der Waals surface area contributed by atoms with Gasteiger partial charge in [0.15, 0.2) is 11.6 Å². The zero-order valence-electron chi connectivity index (χ0n) is 19.0. The molecule has 0 aromatic heterocycles. The Balaban J connectivity index is 2.94. The lowest BCUT2D eigenvalue weighted by Crippen LogP contribution is -2.24. The molecule has 0 aliphatic carbocycles. The van der Waals surface area contributed by atoms with Gasteiger partial charge in [0, 0.05) is 12.4 Å². The summed E-state index contributed by atoms with van der Waals surface area (Å²) < 4.78 is 0. The molecule has 0 heterocycles. The Morgan fingerprint density at radius 3 is 1.21 bits per heavy atom. The Morgan fingerprint density at radius 2 is 0.893 bits per heavy atom. The monoisotopic (exact) mass is 396 g/mol. The number of carbonyl (C=O) groups excluding carboxylic acids is 2. The van der Waals surface area contributed by atoms with Crippen LogP contribution in [0.5, 0.6) is 0 Å². The highest BCUT2D eigenvalue weighted by atomic mass is 31.2. The highest BCUT2D eigenvalue weighted by molar-refractivity contribution is 8.06. The fourth-order valence-corrected chi connectivity index (χ4v) is 6.97. The van der Waals surface area contributed by atoms with Gasteiger partial charge in [0.25, 0.3) is 0 Å². The molecule has 0 N–H and O–H groups in total. The van der Waals surface area contributed by atoms with Crippen molar-refractivity contribution in [3.63, 3.8) is 0 Å². The van der Waals surface area contributed by atoms with Crippen molar-refractivity contribution in [2.24, 2.45) is 0 Å². The van der Waals surface area contributed by atoms with E-state index in [0.29, 0.717) is 5.56 Å². The molecule has 3 heteroatoms. The van der Waals surface area contributed by atoms with Crippen molar-refractivity contribution in [2.45, 2.75) is 69.2 Å². The first-order valence-electron chi connectivity index (χ1n) is 9.71. The maximum atomic E-state index is 13.9. The second-order valence-electron chi connectivity index (χ2n) is 8.25. The lowest BCUT2D eigenvalue weighted by atomic mass is 9.90. The third kappa shape index (κ3) is 3.03. The first kappa shape index (κ1) is 22.4. The zero-order chi connectivity index (χ0) is 21.7. The van der Waals surface area contributed by atoms with Crippen molar-refractivity contribution in [3.05, 3.63) is 61.2 Å². The van der Waals surface area contributed by atoms with Crippen LogP contribution in [0.1, 0.15) is 66.0 Å². The van der Waals surface area contributed by atoms with E-state index < -0.39 is 6.89 Å². The van der Waals surface area contributed by atoms with Crippen LogP contribution in [0.4, 0.5) is 0 Å². The largest absolute Gasteiger partial charge is 0.297 e. The Kier molecular flexibility index (Phi) is 5.98. The van der Waals surface area contributed by atoms with Gasteiger partial charge in [0.05, 0.1) is 0 Å². The highest BCUT2D eigenvalue weighted by Crippen LogP contribution is 2.49. The van der Waals surface area contributed by atoms with Crippen LogP contribution >= 0.6 is 6.89 Å². The minimum absolute atomic E-state index is 0.0995. The van der Waals surface area contributed by atoms with Crippen LogP contribution in [0.2, 0.25) is 0 Å². The number of carbonyl (C=O) groups is 2. The van der Waals surface area contributed by atoms with Gasteiger partial charge in [-0.2, -0.15) is 0 Å². The second-order valence-corrected chi connectivity index (χ2v) is 11.1. The molecule has 2 aromatic rings. The van der Waals surface area contributed by atoms with Gasteiger partial charge in [0.1, 0.15) is 0 Å². The molecule has 0 saturated heterocycles. The number of hydrogen-bond donors (Lipinski definition) is 0. The van der Waals surface area contributed by atoms with E-state index in [-0.39, 0.29) is 5.52 Å². The summed E-state index contributed by atoms with van der Waals surface area (Å²) in [7, 11) is 0. The molecule has 28 heavy (non-hydrogen) atoms. The van der Waals surface area contributed by atoms with Crippen molar-refractivity contribution in [3.8, 4) is 0 Å². The third-order valence-corrected chi connectivity index (χ3v) is 9.89. The molecule has 2 aromatic carbocycles. The molecule has 0 fully saturated rings. The molecule has 0 amide bonds. The van der Waals surface area contributed by atoms with Crippen LogP contribution in [0.3, 0.4) is 0 Å². The first-order chi connectivity index (χ1) is 12.8. The van der Waals surface area contributed by atoms with E-state index in [9.17, 15) is 9.59 Å². The van der Waals surface area contributed by atoms with Crippen LogP contribution < -0.4 is 5.30 Å². The quantitative estimate of drug-likeness (QED) is 0.478. The molecular weight excluding hydrogens is 363 g/mol. The molecule has 0 spiro atoms. The summed E-state index contributed by atoms with van der Waals surface area (Å²) in [5.74, 6) is 0. The molecule has 150 valence electrons. The van der Waals surface area contributed by atoms with Gasteiger partial charge >= 0.3 is 0 Å². The van der Waals surface area contributed by atoms with Gasteiger partial charge < -0.3 is 0 Å². The molecule has 0 bridgehead atoms. The maximum Gasteiger partial charge on any atom is 0.194 e. The molecule has 0 saturated carbocycles. The summed E-state index contributed by atoms with van der Waals surface area (Å²) >= 11 is 0. The van der Waals surface area contributed by atoms with Crippen LogP contribution in [0.25, 0.3) is 0 Å². The van der Waals surface area contributed by atoms with Gasteiger partial charge in [-0.05, 0) is 130 Å². The average molecular weight is 397 g/mol. The lowest BCUT2D eigenvalue weighted by molar-refractivity contribution is 0.108. The molecule has 1 unspecified atom stereocenters. The molecule has 0 radical (unpaired) electrons. The summed E-state index contributed by atoms with van der Waals surface area (Å²) in [6, 6.07) is 0.849. The normalized spacial score (nSPS) is 13.4. The van der Waals surface area contributed by atoms with Gasteiger partial charge in [-0.15, -0.1) is 0 Å². The molecule has 2 nitrogen and oxygen atoms in total. The van der Waals surface area contributed by atoms with E-state index in [1.807, 2.05) is 27.7 Å². The third-order valence-electron chi connectivity index (χ3n) is 7.12. The Morgan fingerprint density at radius 1 is 0.607 bits per heavy atom. The SMILES string of the molecule is C=P(C=O)(C(=O)c1c(C)c(C)c(C)c(C)c1C)c1c(C)c(C)c(C)c(C)c1C. The topological polar surface area (TPSA) is 34.1 Å². The molecule has 0 aliphatic heterocycles. The Labute approximate surface area is 170 Å². The summed E-state index contributed by atoms with van der Waals surface area (Å²) in [6.45, 7) is 17.5. The Hall–Kier alpha value is -1.92. The van der Waals surface area contributed by atoms with Gasteiger partial charge in [-0.3, -0.25) is 9.59 Å². The first-order valence-corrected chi connectivity index (χ1v) is 11.8. The van der Waals surface area contributed by atoms with E-state index in [1.165, 1.54) is 11.1 Å². The summed E-state index contributed by atoms with van der Waals surface area (Å²) in [5.41, 5.74) is 11.5. The summed E-state index contributed by atoms with van der Waals surface area (Å²) in [6.07, 6.45) is 4.33. The predicted octanol–water partition coefficient (Wildman–Crippen LogP) is 5.88. The molecule has 0 aliphatic rings. The van der Waals surface area contributed by atoms with Crippen molar-refractivity contribution >= 4 is 30.0 Å². The Bertz CT molecular complexity index is 1010. The van der Waals surface area contributed by atoms with Crippen LogP contribution in [0, 0.1) is 69.2 Å². The second kappa shape index (κ2) is 7.48. The maximum absolute atomic E-state index is 13.9. The zero-order valence-corrected chi connectivity index (χ0v) is 19.9. The van der Waals surface area contributed by atoms with E-state index in [1.54, 1.807) is 0 Å². The minimum atomic E-state index is -2.94. The van der Waals surface area contributed by atoms with Crippen LogP contribution in [-0.4, -0.2) is 17.9 Å². The molecule has 1 atom stereocenters. The number of benzene rings is 2. The van der Waals surface area contributed by atoms with Gasteiger partial charge in [-0.1, -0.05) is 6.30 Å². The van der Waals surface area contributed by atoms with E-state index in [2.05, 4.69) is 47.8 Å². The lowest BCUT2D eigenvalue weighted by Gasteiger charge is -2.28. The number of hydrogen-bond acceptors (Lipinski definition) is 2. The molecule has 2 rings (SSSR count). The fourth-order valence-electron chi connectivity index (χ4n) is 4.30. The number of rotatable bonds is 4. The van der Waals surface area contributed by atoms with Crippen molar-refractivity contribution < 1.29 is 9.59 Å². The fraction of sp³-hybridized carbons (Fsp3) is 0.400. The minimum Gasteiger partial charge on any atom is -0.297 e. The van der Waals surface area contributed by atoms with Gasteiger partial charge in [-0.25, -0.2) is 0 Å². The van der Waals surface area contributed by atoms with Crippen LogP contribution in [0.15, 0.2) is 0 Å². The standard InChI is InChI=1S/C25H33O2P/c1-13-15(3)19(7)23(20(8)16(13)4)25(27)28(11,12-26)24-21(9)17(5)14(2)18(6)22(24)10/h12H,11H2,1-10H3. The van der Waals surface area contributed by atoms with Crippen LogP contribution in [-0.2, 0) is 4.79 Å². The smallest absolute Gasteiger partial charge is 0.194 e. The average Bonchev–Trinajstić information content (AvgIpc) is 2.67. The van der Waals surface area contributed by atoms with Crippen molar-refractivity contribution in [1.82, 2.24) is 0 Å². The van der Waals surface area contributed by atoms with Crippen molar-refractivity contribution in [2.75, 3.05) is 0 Å². The van der Waals surface area contributed by atoms with E-state index in [0.717, 1.165) is 55.8 Å². The molecular formula is C25H33O2P. The predicted molar refractivity (Wildman–Crippen MR) is 125 cm³/mol. The van der Waals surface area contributed by atoms with E-state index >= 15 is 0 Å². The summed E-state index contributed by atoms with van der Waals surface area (Å²) in [5, 5.41) is 0.864. The summed E-state index contributed by atoms with van der Waals surface area (Å²) in [4.78, 5) is 26.4.